The standard InChI is InChI=1S/C23H18F3NO4/c1-30-18-12-16(14-7-9-15(10-8-14)21(28)31-2)11-17(13-18)19-5-3-4-6-20(19)27-22(29)23(24,25)26/h3-13H,1-2H3,(H,27,29). The maximum atomic E-state index is 12.7. The summed E-state index contributed by atoms with van der Waals surface area (Å²) in [7, 11) is 2.76. The van der Waals surface area contributed by atoms with E-state index < -0.39 is 18.1 Å². The molecule has 0 saturated heterocycles. The fourth-order valence-corrected chi connectivity index (χ4v) is 2.99. The molecular weight excluding hydrogens is 411 g/mol. The van der Waals surface area contributed by atoms with Crippen LogP contribution in [0.1, 0.15) is 10.4 Å². The molecule has 0 aromatic heterocycles. The molecule has 0 aliphatic rings. The summed E-state index contributed by atoms with van der Waals surface area (Å²) in [5.74, 6) is -2.05. The van der Waals surface area contributed by atoms with Crippen LogP contribution in [0.15, 0.2) is 66.7 Å². The number of hydrogen-bond acceptors (Lipinski definition) is 4. The van der Waals surface area contributed by atoms with Crippen molar-refractivity contribution in [2.45, 2.75) is 6.18 Å². The number of halogens is 3. The van der Waals surface area contributed by atoms with Crippen LogP contribution in [0.2, 0.25) is 0 Å². The van der Waals surface area contributed by atoms with Gasteiger partial charge in [0.15, 0.2) is 0 Å². The molecule has 3 aromatic carbocycles. The molecule has 0 aliphatic heterocycles. The van der Waals surface area contributed by atoms with Gasteiger partial charge >= 0.3 is 18.1 Å². The molecule has 0 fully saturated rings. The molecule has 1 N–H and O–H groups in total. The Hall–Kier alpha value is -3.81. The molecule has 0 bridgehead atoms. The van der Waals surface area contributed by atoms with Gasteiger partial charge in [0.25, 0.3) is 0 Å². The average Bonchev–Trinajstić information content (AvgIpc) is 2.78. The summed E-state index contributed by atoms with van der Waals surface area (Å²) >= 11 is 0. The van der Waals surface area contributed by atoms with Crippen molar-refractivity contribution in [1.29, 1.82) is 0 Å². The van der Waals surface area contributed by atoms with Crippen molar-refractivity contribution in [2.24, 2.45) is 0 Å². The number of carbonyl (C=O) groups is 2. The van der Waals surface area contributed by atoms with Gasteiger partial charge in [0.1, 0.15) is 5.75 Å². The van der Waals surface area contributed by atoms with E-state index in [1.54, 1.807) is 54.6 Å². The van der Waals surface area contributed by atoms with Crippen LogP contribution in [0, 0.1) is 0 Å². The summed E-state index contributed by atoms with van der Waals surface area (Å²) in [5.41, 5.74) is 2.81. The zero-order valence-corrected chi connectivity index (χ0v) is 16.6. The maximum absolute atomic E-state index is 12.7. The number of benzene rings is 3. The molecule has 3 aromatic rings. The highest BCUT2D eigenvalue weighted by atomic mass is 19.4. The van der Waals surface area contributed by atoms with Crippen molar-refractivity contribution in [1.82, 2.24) is 0 Å². The van der Waals surface area contributed by atoms with E-state index in [2.05, 4.69) is 0 Å². The van der Waals surface area contributed by atoms with Crippen LogP contribution in [0.3, 0.4) is 0 Å². The van der Waals surface area contributed by atoms with Gasteiger partial charge in [-0.05, 0) is 53.1 Å². The first-order valence-corrected chi connectivity index (χ1v) is 9.08. The van der Waals surface area contributed by atoms with Gasteiger partial charge in [-0.15, -0.1) is 0 Å². The van der Waals surface area contributed by atoms with E-state index in [1.807, 2.05) is 5.32 Å². The summed E-state index contributed by atoms with van der Waals surface area (Å²) in [6, 6.07) is 18.0. The Morgan fingerprint density at radius 3 is 2.10 bits per heavy atom. The Bertz CT molecular complexity index is 1110. The quantitative estimate of drug-likeness (QED) is 0.558. The van der Waals surface area contributed by atoms with Crippen LogP contribution in [-0.2, 0) is 9.53 Å². The zero-order chi connectivity index (χ0) is 22.6. The lowest BCUT2D eigenvalue weighted by Crippen LogP contribution is -2.30. The molecule has 0 saturated carbocycles. The Balaban J connectivity index is 2.04. The van der Waals surface area contributed by atoms with Gasteiger partial charge in [0.05, 0.1) is 19.8 Å². The summed E-state index contributed by atoms with van der Waals surface area (Å²) in [4.78, 5) is 23.1. The summed E-state index contributed by atoms with van der Waals surface area (Å²) in [6.45, 7) is 0. The summed E-state index contributed by atoms with van der Waals surface area (Å²) in [5, 5.41) is 1.92. The molecule has 31 heavy (non-hydrogen) atoms. The van der Waals surface area contributed by atoms with Crippen LogP contribution in [0.4, 0.5) is 18.9 Å². The van der Waals surface area contributed by atoms with Crippen LogP contribution >= 0.6 is 0 Å². The molecular formula is C23H18F3NO4. The average molecular weight is 429 g/mol. The van der Waals surface area contributed by atoms with Crippen molar-refractivity contribution >= 4 is 17.6 Å². The minimum Gasteiger partial charge on any atom is -0.497 e. The predicted octanol–water partition coefficient (Wildman–Crippen LogP) is 5.32. The third-order valence-corrected chi connectivity index (χ3v) is 4.53. The molecule has 160 valence electrons. The molecule has 0 radical (unpaired) electrons. The highest BCUT2D eigenvalue weighted by Gasteiger charge is 2.39. The first kappa shape index (κ1) is 21.9. The molecule has 0 aliphatic carbocycles. The number of esters is 1. The number of nitrogens with one attached hydrogen (secondary N) is 1. The van der Waals surface area contributed by atoms with Gasteiger partial charge in [0, 0.05) is 11.3 Å². The number of methoxy groups -OCH3 is 2. The monoisotopic (exact) mass is 429 g/mol. The normalized spacial score (nSPS) is 11.0. The summed E-state index contributed by atoms with van der Waals surface area (Å²) < 4.78 is 48.2. The molecule has 3 rings (SSSR count). The van der Waals surface area contributed by atoms with Crippen molar-refractivity contribution < 1.29 is 32.2 Å². The van der Waals surface area contributed by atoms with Crippen LogP contribution < -0.4 is 10.1 Å². The van der Waals surface area contributed by atoms with Crippen molar-refractivity contribution in [3.63, 3.8) is 0 Å². The number of amides is 1. The number of alkyl halides is 3. The first-order valence-electron chi connectivity index (χ1n) is 9.08. The van der Waals surface area contributed by atoms with Crippen molar-refractivity contribution in [3.8, 4) is 28.0 Å². The number of anilines is 1. The second-order valence-electron chi connectivity index (χ2n) is 6.52. The Morgan fingerprint density at radius 2 is 1.48 bits per heavy atom. The van der Waals surface area contributed by atoms with E-state index in [1.165, 1.54) is 26.4 Å². The lowest BCUT2D eigenvalue weighted by atomic mass is 9.97. The van der Waals surface area contributed by atoms with Gasteiger partial charge in [-0.1, -0.05) is 30.3 Å². The molecule has 1 amide bonds. The first-order chi connectivity index (χ1) is 14.7. The number of rotatable bonds is 5. The topological polar surface area (TPSA) is 64.6 Å². The van der Waals surface area contributed by atoms with Crippen LogP contribution in [0.25, 0.3) is 22.3 Å². The molecule has 0 unspecified atom stereocenters. The van der Waals surface area contributed by atoms with Gasteiger partial charge in [-0.3, -0.25) is 4.79 Å². The fraction of sp³-hybridized carbons (Fsp3) is 0.130. The van der Waals surface area contributed by atoms with Crippen molar-refractivity contribution in [3.05, 3.63) is 72.3 Å². The van der Waals surface area contributed by atoms with Gasteiger partial charge in [-0.2, -0.15) is 13.2 Å². The second kappa shape index (κ2) is 8.91. The van der Waals surface area contributed by atoms with Gasteiger partial charge in [0.2, 0.25) is 0 Å². The molecule has 0 heterocycles. The molecule has 5 nitrogen and oxygen atoms in total. The van der Waals surface area contributed by atoms with Gasteiger partial charge in [-0.25, -0.2) is 4.79 Å². The number of carbonyl (C=O) groups excluding carboxylic acids is 2. The fourth-order valence-electron chi connectivity index (χ4n) is 2.99. The van der Waals surface area contributed by atoms with Crippen molar-refractivity contribution in [2.75, 3.05) is 19.5 Å². The Morgan fingerprint density at radius 1 is 0.839 bits per heavy atom. The van der Waals surface area contributed by atoms with Crippen LogP contribution in [0.5, 0.6) is 5.75 Å². The minimum absolute atomic E-state index is 0.0186. The predicted molar refractivity (Wildman–Crippen MR) is 110 cm³/mol. The SMILES string of the molecule is COC(=O)c1ccc(-c2cc(OC)cc(-c3ccccc3NC(=O)C(F)(F)F)c2)cc1. The van der Waals surface area contributed by atoms with E-state index in [0.29, 0.717) is 28.0 Å². The largest absolute Gasteiger partial charge is 0.497 e. The number of ether oxygens (including phenoxy) is 2. The minimum atomic E-state index is -5.01. The lowest BCUT2D eigenvalue weighted by Gasteiger charge is -2.15. The third kappa shape index (κ3) is 5.03. The zero-order valence-electron chi connectivity index (χ0n) is 16.6. The summed E-state index contributed by atoms with van der Waals surface area (Å²) in [6.07, 6.45) is -5.01. The van der Waals surface area contributed by atoms with Gasteiger partial charge < -0.3 is 14.8 Å². The van der Waals surface area contributed by atoms with E-state index in [-0.39, 0.29) is 5.69 Å². The second-order valence-corrected chi connectivity index (χ2v) is 6.52. The van der Waals surface area contributed by atoms with E-state index in [4.69, 9.17) is 9.47 Å². The maximum Gasteiger partial charge on any atom is 0.471 e. The molecule has 8 heteroatoms. The lowest BCUT2D eigenvalue weighted by molar-refractivity contribution is -0.167. The molecule has 0 spiro atoms. The number of hydrogen-bond donors (Lipinski definition) is 1. The van der Waals surface area contributed by atoms with Crippen LogP contribution in [-0.4, -0.2) is 32.3 Å². The van der Waals surface area contributed by atoms with E-state index in [0.717, 1.165) is 5.56 Å². The third-order valence-electron chi connectivity index (χ3n) is 4.53. The number of para-hydroxylation sites is 1. The highest BCUT2D eigenvalue weighted by Crippen LogP contribution is 2.35. The van der Waals surface area contributed by atoms with E-state index in [9.17, 15) is 22.8 Å². The highest BCUT2D eigenvalue weighted by molar-refractivity contribution is 5.99. The van der Waals surface area contributed by atoms with E-state index >= 15 is 0 Å². The Labute approximate surface area is 176 Å². The Kier molecular flexibility index (Phi) is 6.29. The smallest absolute Gasteiger partial charge is 0.471 e. The molecule has 0 atom stereocenters.